The molecule has 2 aromatic heterocycles. The van der Waals surface area contributed by atoms with E-state index in [0.717, 1.165) is 22.5 Å². The fourth-order valence-electron chi connectivity index (χ4n) is 4.04. The molecule has 11 nitrogen and oxygen atoms in total. The third-order valence-corrected chi connectivity index (χ3v) is 6.75. The van der Waals surface area contributed by atoms with E-state index in [1.165, 1.54) is 4.68 Å². The van der Waals surface area contributed by atoms with E-state index in [0.29, 0.717) is 40.5 Å². The van der Waals surface area contributed by atoms with E-state index in [2.05, 4.69) is 14.5 Å². The molecule has 0 aliphatic carbocycles. The van der Waals surface area contributed by atoms with Gasteiger partial charge in [-0.3, -0.25) is 4.79 Å². The van der Waals surface area contributed by atoms with Crippen LogP contribution in [0, 0.1) is 0 Å². The van der Waals surface area contributed by atoms with E-state index in [9.17, 15) is 9.59 Å². The van der Waals surface area contributed by atoms with E-state index >= 15 is 0 Å². The number of nitrogens with zero attached hydrogens (tertiary/aromatic N) is 5. The fraction of sp³-hybridized carbons (Fsp3) is 0.393. The smallest absolute Gasteiger partial charge is 0.435 e. The normalized spacial score (nSPS) is 12.5. The van der Waals surface area contributed by atoms with Gasteiger partial charge in [-0.1, -0.05) is 18.2 Å². The van der Waals surface area contributed by atoms with Crippen molar-refractivity contribution in [2.45, 2.75) is 45.3 Å². The van der Waals surface area contributed by atoms with Crippen LogP contribution < -0.4 is 10.5 Å². The summed E-state index contributed by atoms with van der Waals surface area (Å²) in [6, 6.07) is 12.6. The number of nitrogens with two attached hydrogens (primary N) is 1. The van der Waals surface area contributed by atoms with E-state index in [4.69, 9.17) is 19.9 Å². The Morgan fingerprint density at radius 3 is 2.45 bits per heavy atom. The number of carbonyl (C=O) groups excluding carboxylic acids is 2. The van der Waals surface area contributed by atoms with Crippen molar-refractivity contribution in [1.29, 1.82) is 0 Å². The number of carbonyl (C=O) groups is 2. The molecule has 0 fully saturated rings. The van der Waals surface area contributed by atoms with Crippen molar-refractivity contribution >= 4 is 40.4 Å². The number of likely N-dealkylation sites (N-methyl/N-ethyl adjacent to an activating group) is 1. The van der Waals surface area contributed by atoms with Crippen molar-refractivity contribution in [3.8, 4) is 5.75 Å². The second-order valence-electron chi connectivity index (χ2n) is 10.5. The molecular formula is C28H34N6O5S. The highest BCUT2D eigenvalue weighted by atomic mass is 32.1. The Hall–Kier alpha value is -4.03. The molecular weight excluding hydrogens is 532 g/mol. The number of aromatic nitrogens is 4. The lowest BCUT2D eigenvalue weighted by molar-refractivity contribution is -0.145. The number of rotatable bonds is 9. The van der Waals surface area contributed by atoms with Crippen LogP contribution in [0.2, 0.25) is 0 Å². The minimum Gasteiger partial charge on any atom is -0.497 e. The Kier molecular flexibility index (Phi) is 8.70. The van der Waals surface area contributed by atoms with Gasteiger partial charge in [0, 0.05) is 18.4 Å². The molecule has 2 heterocycles. The van der Waals surface area contributed by atoms with Crippen LogP contribution in [-0.2, 0) is 27.3 Å². The molecule has 40 heavy (non-hydrogen) atoms. The largest absolute Gasteiger partial charge is 0.497 e. The molecule has 0 saturated carbocycles. The number of ether oxygens (including phenoxy) is 3. The highest BCUT2D eigenvalue weighted by Crippen LogP contribution is 2.32. The van der Waals surface area contributed by atoms with Crippen LogP contribution in [0.15, 0.2) is 42.5 Å². The Balaban J connectivity index is 1.72. The second kappa shape index (κ2) is 12.0. The van der Waals surface area contributed by atoms with Gasteiger partial charge < -0.3 is 24.8 Å². The molecule has 0 spiro atoms. The number of benzene rings is 2. The third-order valence-electron chi connectivity index (χ3n) is 5.96. The van der Waals surface area contributed by atoms with Crippen LogP contribution in [0.25, 0.3) is 10.9 Å². The van der Waals surface area contributed by atoms with Crippen LogP contribution in [0.1, 0.15) is 48.5 Å². The molecule has 0 aliphatic rings. The van der Waals surface area contributed by atoms with Crippen molar-refractivity contribution in [1.82, 2.24) is 24.0 Å². The van der Waals surface area contributed by atoms with E-state index in [1.54, 1.807) is 52.1 Å². The van der Waals surface area contributed by atoms with Gasteiger partial charge in [0.2, 0.25) is 5.95 Å². The van der Waals surface area contributed by atoms with Gasteiger partial charge in [0.25, 0.3) is 0 Å². The van der Waals surface area contributed by atoms with Crippen molar-refractivity contribution < 1.29 is 23.8 Å². The summed E-state index contributed by atoms with van der Waals surface area (Å²) in [5, 5.41) is 5.74. The van der Waals surface area contributed by atoms with Crippen LogP contribution in [0.4, 0.5) is 10.7 Å². The quantitative estimate of drug-likeness (QED) is 0.293. The maximum absolute atomic E-state index is 13.5. The lowest BCUT2D eigenvalue weighted by atomic mass is 9.97. The zero-order valence-electron chi connectivity index (χ0n) is 23.5. The minimum absolute atomic E-state index is 0.0700. The highest BCUT2D eigenvalue weighted by Gasteiger charge is 2.30. The number of methoxy groups -OCH3 is 1. The summed E-state index contributed by atoms with van der Waals surface area (Å²) < 4.78 is 21.8. The summed E-state index contributed by atoms with van der Waals surface area (Å²) in [6.45, 7) is 6.19. The average molecular weight is 567 g/mol. The number of nitrogen functional groups attached to an aromatic ring is 1. The van der Waals surface area contributed by atoms with Crippen LogP contribution in [0.5, 0.6) is 5.75 Å². The molecule has 0 saturated heterocycles. The van der Waals surface area contributed by atoms with Crippen LogP contribution in [0.3, 0.4) is 0 Å². The Morgan fingerprint density at radius 1 is 1.12 bits per heavy atom. The number of fused-ring (bicyclic) bond motifs is 1. The first kappa shape index (κ1) is 29.0. The molecule has 4 rings (SSSR count). The van der Waals surface area contributed by atoms with Gasteiger partial charge in [0.05, 0.1) is 18.3 Å². The first-order chi connectivity index (χ1) is 18.9. The molecule has 212 valence electrons. The van der Waals surface area contributed by atoms with Crippen molar-refractivity contribution in [2.75, 3.05) is 33.5 Å². The molecule has 2 N–H and O–H groups in total. The molecule has 12 heteroatoms. The molecule has 2 aromatic carbocycles. The molecule has 0 aliphatic heterocycles. The number of esters is 1. The average Bonchev–Trinajstić information content (AvgIpc) is 3.49. The molecule has 1 unspecified atom stereocenters. The molecule has 1 atom stereocenters. The van der Waals surface area contributed by atoms with Gasteiger partial charge in [-0.2, -0.15) is 14.2 Å². The fourth-order valence-corrected chi connectivity index (χ4v) is 4.74. The zero-order chi connectivity index (χ0) is 29.0. The van der Waals surface area contributed by atoms with Gasteiger partial charge in [0.1, 0.15) is 28.9 Å². The predicted molar refractivity (Wildman–Crippen MR) is 153 cm³/mol. The van der Waals surface area contributed by atoms with Gasteiger partial charge in [-0.25, -0.2) is 9.78 Å². The van der Waals surface area contributed by atoms with Crippen molar-refractivity contribution in [2.24, 2.45) is 0 Å². The lowest BCUT2D eigenvalue weighted by Gasteiger charge is -2.19. The Bertz CT molecular complexity index is 1490. The van der Waals surface area contributed by atoms with E-state index in [-0.39, 0.29) is 12.6 Å². The summed E-state index contributed by atoms with van der Waals surface area (Å²) in [7, 11) is 5.52. The van der Waals surface area contributed by atoms with Gasteiger partial charge >= 0.3 is 12.1 Å². The molecule has 4 aromatic rings. The standard InChI is InChI=1S/C28H34N6O5S/c1-28(2,3)39-27(36)34-22-12-9-18(15-20(22)21(31-34)13-14-33(4)5)23(24-30-26(29)32-40-24)25(35)38-16-17-7-10-19(37-6)11-8-17/h7-12,15,23H,13-14,16H2,1-6H3,(H2,29,32). The summed E-state index contributed by atoms with van der Waals surface area (Å²) >= 11 is 1.04. The Morgan fingerprint density at radius 2 is 1.85 bits per heavy atom. The van der Waals surface area contributed by atoms with Crippen molar-refractivity contribution in [3.05, 3.63) is 64.3 Å². The number of hydrogen-bond donors (Lipinski definition) is 1. The topological polar surface area (TPSA) is 135 Å². The lowest BCUT2D eigenvalue weighted by Crippen LogP contribution is -2.27. The zero-order valence-corrected chi connectivity index (χ0v) is 24.3. The SMILES string of the molecule is COc1ccc(COC(=O)C(c2ccc3c(c2)c(CCN(C)C)nn3C(=O)OC(C)(C)C)c2nc(N)ns2)cc1. The third kappa shape index (κ3) is 6.93. The maximum Gasteiger partial charge on any atom is 0.435 e. The number of anilines is 1. The van der Waals surface area contributed by atoms with Crippen LogP contribution >= 0.6 is 11.5 Å². The highest BCUT2D eigenvalue weighted by molar-refractivity contribution is 7.05. The first-order valence-corrected chi connectivity index (χ1v) is 13.5. The van der Waals surface area contributed by atoms with Gasteiger partial charge in [-0.05, 0) is 81.8 Å². The van der Waals surface area contributed by atoms with E-state index in [1.807, 2.05) is 37.2 Å². The molecule has 0 bridgehead atoms. The minimum atomic E-state index is -0.871. The van der Waals surface area contributed by atoms with E-state index < -0.39 is 23.6 Å². The summed E-state index contributed by atoms with van der Waals surface area (Å²) in [5.41, 5.74) is 7.84. The summed E-state index contributed by atoms with van der Waals surface area (Å²) in [6.07, 6.45) is 0.00914. The Labute approximate surface area is 237 Å². The summed E-state index contributed by atoms with van der Waals surface area (Å²) in [4.78, 5) is 32.8. The second-order valence-corrected chi connectivity index (χ2v) is 11.3. The monoisotopic (exact) mass is 566 g/mol. The first-order valence-electron chi connectivity index (χ1n) is 12.7. The predicted octanol–water partition coefficient (Wildman–Crippen LogP) is 4.24. The molecule has 0 radical (unpaired) electrons. The number of hydrogen-bond acceptors (Lipinski definition) is 11. The maximum atomic E-state index is 13.5. The summed E-state index contributed by atoms with van der Waals surface area (Å²) in [5.74, 6) is -0.578. The van der Waals surface area contributed by atoms with Gasteiger partial charge in [-0.15, -0.1) is 0 Å². The molecule has 0 amide bonds. The van der Waals surface area contributed by atoms with Gasteiger partial charge in [0.15, 0.2) is 0 Å². The van der Waals surface area contributed by atoms with Crippen LogP contribution in [-0.4, -0.2) is 69.5 Å². The van der Waals surface area contributed by atoms with Crippen molar-refractivity contribution in [3.63, 3.8) is 0 Å².